The van der Waals surface area contributed by atoms with Gasteiger partial charge in [-0.3, -0.25) is 4.79 Å². The summed E-state index contributed by atoms with van der Waals surface area (Å²) in [5.41, 5.74) is 5.64. The first-order valence-corrected chi connectivity index (χ1v) is 6.18. The third kappa shape index (κ3) is 6.80. The van der Waals surface area contributed by atoms with Gasteiger partial charge in [-0.05, 0) is 26.2 Å². The summed E-state index contributed by atoms with van der Waals surface area (Å²) in [6.07, 6.45) is 3.54. The van der Waals surface area contributed by atoms with Gasteiger partial charge in [-0.15, -0.1) is 0 Å². The van der Waals surface area contributed by atoms with Gasteiger partial charge >= 0.3 is 0 Å². The number of nitrogens with one attached hydrogen (secondary N) is 1. The van der Waals surface area contributed by atoms with Crippen LogP contribution in [0.1, 0.15) is 46.5 Å². The lowest BCUT2D eigenvalue weighted by Gasteiger charge is -2.18. The lowest BCUT2D eigenvalue weighted by atomic mass is 10.0. The molecule has 0 radical (unpaired) electrons. The number of aliphatic hydroxyl groups excluding tert-OH is 1. The fourth-order valence-electron chi connectivity index (χ4n) is 1.50. The van der Waals surface area contributed by atoms with E-state index in [2.05, 4.69) is 5.32 Å². The molecule has 4 heteroatoms. The predicted octanol–water partition coefficient (Wildman–Crippen LogP) is 1.03. The van der Waals surface area contributed by atoms with Gasteiger partial charge in [-0.25, -0.2) is 0 Å². The minimum absolute atomic E-state index is 0.000602. The topological polar surface area (TPSA) is 75.3 Å². The molecule has 0 saturated heterocycles. The number of hydrogen-bond acceptors (Lipinski definition) is 3. The molecule has 3 atom stereocenters. The number of amides is 1. The predicted molar refractivity (Wildman–Crippen MR) is 66.0 cm³/mol. The molecule has 0 aliphatic carbocycles. The summed E-state index contributed by atoms with van der Waals surface area (Å²) >= 11 is 0. The standard InChI is InChI=1S/C12H26N2O2/c1-4-11(8-15)14-12(16)9(2)6-5-7-10(3)13/h9-11,15H,4-8,13H2,1-3H3,(H,14,16)/t9?,10?,11-/m0/s1. The second-order valence-electron chi connectivity index (χ2n) is 4.61. The van der Waals surface area contributed by atoms with E-state index in [0.717, 1.165) is 25.7 Å². The van der Waals surface area contributed by atoms with Crippen molar-refractivity contribution in [1.29, 1.82) is 0 Å². The molecule has 0 aliphatic heterocycles. The summed E-state index contributed by atoms with van der Waals surface area (Å²) in [6.45, 7) is 5.85. The maximum Gasteiger partial charge on any atom is 0.223 e. The quantitative estimate of drug-likeness (QED) is 0.583. The fraction of sp³-hybridized carbons (Fsp3) is 0.917. The highest BCUT2D eigenvalue weighted by atomic mass is 16.3. The minimum Gasteiger partial charge on any atom is -0.394 e. The Morgan fingerprint density at radius 3 is 2.44 bits per heavy atom. The third-order valence-electron chi connectivity index (χ3n) is 2.80. The molecular formula is C12H26N2O2. The van der Waals surface area contributed by atoms with E-state index >= 15 is 0 Å². The lowest BCUT2D eigenvalue weighted by Crippen LogP contribution is -2.40. The van der Waals surface area contributed by atoms with Gasteiger partial charge in [-0.2, -0.15) is 0 Å². The van der Waals surface area contributed by atoms with E-state index in [-0.39, 0.29) is 30.5 Å². The monoisotopic (exact) mass is 230 g/mol. The van der Waals surface area contributed by atoms with E-state index in [1.807, 2.05) is 20.8 Å². The molecule has 4 nitrogen and oxygen atoms in total. The molecule has 0 aromatic heterocycles. The van der Waals surface area contributed by atoms with Crippen molar-refractivity contribution in [3.8, 4) is 0 Å². The number of carbonyl (C=O) groups excluding carboxylic acids is 1. The normalized spacial score (nSPS) is 16.6. The Morgan fingerprint density at radius 1 is 1.38 bits per heavy atom. The molecule has 4 N–H and O–H groups in total. The van der Waals surface area contributed by atoms with Crippen LogP contribution in [0.2, 0.25) is 0 Å². The van der Waals surface area contributed by atoms with Gasteiger partial charge in [0.05, 0.1) is 12.6 Å². The number of carbonyl (C=O) groups is 1. The Balaban J connectivity index is 3.80. The SMILES string of the molecule is CC[C@@H](CO)NC(=O)C(C)CCCC(C)N. The highest BCUT2D eigenvalue weighted by Gasteiger charge is 2.15. The van der Waals surface area contributed by atoms with E-state index in [9.17, 15) is 4.79 Å². The number of hydrogen-bond donors (Lipinski definition) is 3. The third-order valence-corrected chi connectivity index (χ3v) is 2.80. The van der Waals surface area contributed by atoms with Crippen molar-refractivity contribution in [2.45, 2.75) is 58.5 Å². The van der Waals surface area contributed by atoms with Gasteiger partial charge in [0.2, 0.25) is 5.91 Å². The van der Waals surface area contributed by atoms with Crippen LogP contribution in [0.25, 0.3) is 0 Å². The first kappa shape index (κ1) is 15.4. The summed E-state index contributed by atoms with van der Waals surface area (Å²) in [5, 5.41) is 11.8. The van der Waals surface area contributed by atoms with Crippen LogP contribution < -0.4 is 11.1 Å². The highest BCUT2D eigenvalue weighted by molar-refractivity contribution is 5.78. The Morgan fingerprint density at radius 2 is 2.00 bits per heavy atom. The van der Waals surface area contributed by atoms with Crippen molar-refractivity contribution in [3.05, 3.63) is 0 Å². The van der Waals surface area contributed by atoms with Crippen LogP contribution in [0.4, 0.5) is 0 Å². The Hall–Kier alpha value is -0.610. The molecular weight excluding hydrogens is 204 g/mol. The molecule has 0 spiro atoms. The van der Waals surface area contributed by atoms with Gasteiger partial charge in [-0.1, -0.05) is 20.3 Å². The molecule has 0 rings (SSSR count). The van der Waals surface area contributed by atoms with Crippen molar-refractivity contribution in [2.75, 3.05) is 6.61 Å². The minimum atomic E-state index is -0.108. The van der Waals surface area contributed by atoms with Gasteiger partial charge in [0.25, 0.3) is 0 Å². The van der Waals surface area contributed by atoms with Crippen LogP contribution in [0, 0.1) is 5.92 Å². The molecule has 0 saturated carbocycles. The van der Waals surface area contributed by atoms with Crippen molar-refractivity contribution in [3.63, 3.8) is 0 Å². The largest absolute Gasteiger partial charge is 0.394 e. The Kier molecular flexibility index (Phi) is 8.21. The van der Waals surface area contributed by atoms with E-state index < -0.39 is 0 Å². The van der Waals surface area contributed by atoms with Gasteiger partial charge < -0.3 is 16.2 Å². The molecule has 16 heavy (non-hydrogen) atoms. The average molecular weight is 230 g/mol. The molecule has 0 aromatic carbocycles. The lowest BCUT2D eigenvalue weighted by molar-refractivity contribution is -0.125. The summed E-state index contributed by atoms with van der Waals surface area (Å²) in [6, 6.07) is 0.0967. The molecule has 0 aromatic rings. The highest BCUT2D eigenvalue weighted by Crippen LogP contribution is 2.09. The zero-order chi connectivity index (χ0) is 12.6. The van der Waals surface area contributed by atoms with Crippen LogP contribution in [-0.4, -0.2) is 29.7 Å². The second kappa shape index (κ2) is 8.53. The number of rotatable bonds is 8. The molecule has 96 valence electrons. The molecule has 1 amide bonds. The van der Waals surface area contributed by atoms with Crippen molar-refractivity contribution >= 4 is 5.91 Å². The van der Waals surface area contributed by atoms with Crippen LogP contribution in [0.5, 0.6) is 0 Å². The summed E-state index contributed by atoms with van der Waals surface area (Å²) in [5.74, 6) is 0.0323. The van der Waals surface area contributed by atoms with Crippen molar-refractivity contribution in [1.82, 2.24) is 5.32 Å². The van der Waals surface area contributed by atoms with E-state index in [0.29, 0.717) is 0 Å². The zero-order valence-corrected chi connectivity index (χ0v) is 10.7. The smallest absolute Gasteiger partial charge is 0.223 e. The van der Waals surface area contributed by atoms with E-state index in [1.165, 1.54) is 0 Å². The molecule has 0 aliphatic rings. The van der Waals surface area contributed by atoms with Crippen LogP contribution in [-0.2, 0) is 4.79 Å². The molecule has 0 bridgehead atoms. The van der Waals surface area contributed by atoms with Crippen LogP contribution in [0.3, 0.4) is 0 Å². The zero-order valence-electron chi connectivity index (χ0n) is 10.7. The van der Waals surface area contributed by atoms with Crippen LogP contribution >= 0.6 is 0 Å². The van der Waals surface area contributed by atoms with Crippen molar-refractivity contribution in [2.24, 2.45) is 11.7 Å². The Bertz CT molecular complexity index is 191. The molecule has 0 heterocycles. The first-order valence-electron chi connectivity index (χ1n) is 6.18. The van der Waals surface area contributed by atoms with E-state index in [4.69, 9.17) is 10.8 Å². The fourth-order valence-corrected chi connectivity index (χ4v) is 1.50. The maximum absolute atomic E-state index is 11.7. The Labute approximate surface area is 98.6 Å². The summed E-state index contributed by atoms with van der Waals surface area (Å²) < 4.78 is 0. The average Bonchev–Trinajstić information content (AvgIpc) is 2.24. The van der Waals surface area contributed by atoms with Gasteiger partial charge in [0.15, 0.2) is 0 Å². The van der Waals surface area contributed by atoms with Gasteiger partial charge in [0, 0.05) is 12.0 Å². The summed E-state index contributed by atoms with van der Waals surface area (Å²) in [4.78, 5) is 11.7. The van der Waals surface area contributed by atoms with Crippen molar-refractivity contribution < 1.29 is 9.90 Å². The number of nitrogens with two attached hydrogens (primary N) is 1. The van der Waals surface area contributed by atoms with E-state index in [1.54, 1.807) is 0 Å². The molecule has 2 unspecified atom stereocenters. The molecule has 0 fully saturated rings. The number of aliphatic hydroxyl groups is 1. The maximum atomic E-state index is 11.7. The summed E-state index contributed by atoms with van der Waals surface area (Å²) in [7, 11) is 0. The second-order valence-corrected chi connectivity index (χ2v) is 4.61. The van der Waals surface area contributed by atoms with Crippen LogP contribution in [0.15, 0.2) is 0 Å². The first-order chi connectivity index (χ1) is 7.51. The van der Waals surface area contributed by atoms with Gasteiger partial charge in [0.1, 0.15) is 0 Å².